The summed E-state index contributed by atoms with van der Waals surface area (Å²) >= 11 is 2.19. The number of carbonyl (C=O) groups is 1. The largest absolute Gasteiger partial charge is 0.322 e. The van der Waals surface area contributed by atoms with Gasteiger partial charge in [-0.2, -0.15) is 0 Å². The number of hydrogen-bond donors (Lipinski definition) is 1. The lowest BCUT2D eigenvalue weighted by Gasteiger charge is -2.15. The Morgan fingerprint density at radius 3 is 2.64 bits per heavy atom. The fourth-order valence-corrected chi connectivity index (χ4v) is 3.42. The fraction of sp³-hybridized carbons (Fsp3) is 0.278. The Morgan fingerprint density at radius 2 is 1.86 bits per heavy atom. The normalized spacial score (nSPS) is 15.0. The van der Waals surface area contributed by atoms with Crippen LogP contribution in [0.3, 0.4) is 0 Å². The van der Waals surface area contributed by atoms with E-state index in [0.717, 1.165) is 15.8 Å². The van der Waals surface area contributed by atoms with Crippen molar-refractivity contribution in [2.75, 3.05) is 18.4 Å². The monoisotopic (exact) mass is 406 g/mol. The van der Waals surface area contributed by atoms with Crippen LogP contribution >= 0.6 is 22.6 Å². The Labute approximate surface area is 144 Å². The number of hydrogen-bond acceptors (Lipinski definition) is 2. The van der Waals surface area contributed by atoms with E-state index in [0.29, 0.717) is 5.56 Å². The number of benzene rings is 2. The van der Waals surface area contributed by atoms with Gasteiger partial charge in [0.1, 0.15) is 0 Å². The highest BCUT2D eigenvalue weighted by Gasteiger charge is 2.13. The van der Waals surface area contributed by atoms with Crippen LogP contribution in [0, 0.1) is 3.57 Å². The van der Waals surface area contributed by atoms with E-state index in [1.807, 2.05) is 36.4 Å². The Bertz CT molecular complexity index is 666. The zero-order valence-corrected chi connectivity index (χ0v) is 14.5. The van der Waals surface area contributed by atoms with Crippen LogP contribution in [0.4, 0.5) is 5.69 Å². The van der Waals surface area contributed by atoms with Crippen LogP contribution in [0.25, 0.3) is 0 Å². The van der Waals surface area contributed by atoms with Gasteiger partial charge in [0, 0.05) is 15.8 Å². The highest BCUT2D eigenvalue weighted by Crippen LogP contribution is 2.18. The summed E-state index contributed by atoms with van der Waals surface area (Å²) < 4.78 is 0.964. The maximum Gasteiger partial charge on any atom is 0.256 e. The van der Waals surface area contributed by atoms with E-state index in [1.165, 1.54) is 31.5 Å². The topological polar surface area (TPSA) is 32.3 Å². The first-order chi connectivity index (χ1) is 10.7. The molecular formula is C18H19IN2O. The van der Waals surface area contributed by atoms with Gasteiger partial charge in [0.25, 0.3) is 5.91 Å². The molecule has 0 aliphatic carbocycles. The van der Waals surface area contributed by atoms with Crippen LogP contribution < -0.4 is 5.32 Å². The third kappa shape index (κ3) is 3.87. The molecule has 2 aromatic carbocycles. The second-order valence-electron chi connectivity index (χ2n) is 5.62. The molecule has 1 aliphatic rings. The van der Waals surface area contributed by atoms with Crippen LogP contribution in [-0.2, 0) is 6.54 Å². The second-order valence-corrected chi connectivity index (χ2v) is 6.78. The van der Waals surface area contributed by atoms with Gasteiger partial charge in [-0.25, -0.2) is 0 Å². The molecule has 0 unspecified atom stereocenters. The minimum atomic E-state index is -0.0525. The molecule has 0 atom stereocenters. The van der Waals surface area contributed by atoms with E-state index in [1.54, 1.807) is 0 Å². The summed E-state index contributed by atoms with van der Waals surface area (Å²) in [6.07, 6.45) is 2.59. The lowest BCUT2D eigenvalue weighted by molar-refractivity contribution is 0.102. The maximum absolute atomic E-state index is 12.4. The molecule has 1 aliphatic heterocycles. The van der Waals surface area contributed by atoms with Crippen molar-refractivity contribution in [3.63, 3.8) is 0 Å². The smallest absolute Gasteiger partial charge is 0.256 e. The van der Waals surface area contributed by atoms with Crippen LogP contribution in [0.1, 0.15) is 28.8 Å². The Balaban J connectivity index is 1.69. The van der Waals surface area contributed by atoms with Gasteiger partial charge in [0.05, 0.1) is 5.56 Å². The van der Waals surface area contributed by atoms with Crippen molar-refractivity contribution in [1.29, 1.82) is 0 Å². The van der Waals surface area contributed by atoms with Crippen molar-refractivity contribution in [2.45, 2.75) is 19.4 Å². The quantitative estimate of drug-likeness (QED) is 0.775. The molecule has 1 saturated heterocycles. The first kappa shape index (κ1) is 15.5. The number of nitrogens with one attached hydrogen (secondary N) is 1. The summed E-state index contributed by atoms with van der Waals surface area (Å²) in [4.78, 5) is 14.8. The van der Waals surface area contributed by atoms with Gasteiger partial charge in [-0.15, -0.1) is 0 Å². The summed E-state index contributed by atoms with van der Waals surface area (Å²) in [6.45, 7) is 3.32. The van der Waals surface area contributed by atoms with Crippen molar-refractivity contribution >= 4 is 34.2 Å². The lowest BCUT2D eigenvalue weighted by atomic mass is 10.1. The number of anilines is 1. The number of likely N-dealkylation sites (tertiary alicyclic amines) is 1. The SMILES string of the molecule is O=C(Nc1cccc(CN2CCCC2)c1)c1ccccc1I. The summed E-state index contributed by atoms with van der Waals surface area (Å²) in [7, 11) is 0. The minimum Gasteiger partial charge on any atom is -0.322 e. The molecule has 3 nitrogen and oxygen atoms in total. The molecule has 2 aromatic rings. The molecule has 1 heterocycles. The fourth-order valence-electron chi connectivity index (χ4n) is 2.79. The minimum absolute atomic E-state index is 0.0525. The van der Waals surface area contributed by atoms with Crippen LogP contribution in [0.5, 0.6) is 0 Å². The van der Waals surface area contributed by atoms with Gasteiger partial charge in [0.2, 0.25) is 0 Å². The molecule has 1 amide bonds. The third-order valence-electron chi connectivity index (χ3n) is 3.91. The van der Waals surface area contributed by atoms with Crippen LogP contribution in [0.15, 0.2) is 48.5 Å². The van der Waals surface area contributed by atoms with E-state index in [2.05, 4.69) is 44.9 Å². The lowest BCUT2D eigenvalue weighted by Crippen LogP contribution is -2.18. The number of carbonyl (C=O) groups excluding carboxylic acids is 1. The average molecular weight is 406 g/mol. The Kier molecular flexibility index (Phi) is 5.10. The van der Waals surface area contributed by atoms with E-state index < -0.39 is 0 Å². The van der Waals surface area contributed by atoms with Gasteiger partial charge < -0.3 is 5.32 Å². The zero-order valence-electron chi connectivity index (χ0n) is 12.4. The molecule has 0 aromatic heterocycles. The van der Waals surface area contributed by atoms with Gasteiger partial charge in [-0.05, 0) is 78.4 Å². The third-order valence-corrected chi connectivity index (χ3v) is 4.85. The first-order valence-corrected chi connectivity index (χ1v) is 8.67. The summed E-state index contributed by atoms with van der Waals surface area (Å²) in [5.74, 6) is -0.0525. The number of halogens is 1. The Hall–Kier alpha value is -1.40. The first-order valence-electron chi connectivity index (χ1n) is 7.59. The summed E-state index contributed by atoms with van der Waals surface area (Å²) in [5.41, 5.74) is 2.83. The van der Waals surface area contributed by atoms with Gasteiger partial charge in [-0.1, -0.05) is 24.3 Å². The predicted molar refractivity (Wildman–Crippen MR) is 98.1 cm³/mol. The molecule has 0 radical (unpaired) electrons. The van der Waals surface area contributed by atoms with Gasteiger partial charge >= 0.3 is 0 Å². The molecule has 114 valence electrons. The molecular weight excluding hydrogens is 387 g/mol. The van der Waals surface area contributed by atoms with E-state index >= 15 is 0 Å². The van der Waals surface area contributed by atoms with Crippen molar-refractivity contribution in [3.05, 3.63) is 63.2 Å². The zero-order chi connectivity index (χ0) is 15.4. The highest BCUT2D eigenvalue weighted by atomic mass is 127. The van der Waals surface area contributed by atoms with E-state index in [-0.39, 0.29) is 5.91 Å². The molecule has 0 bridgehead atoms. The van der Waals surface area contributed by atoms with Crippen LogP contribution in [0.2, 0.25) is 0 Å². The molecule has 1 fully saturated rings. The van der Waals surface area contributed by atoms with Crippen molar-refractivity contribution in [3.8, 4) is 0 Å². The van der Waals surface area contributed by atoms with Crippen molar-refractivity contribution in [2.24, 2.45) is 0 Å². The molecule has 0 saturated carbocycles. The van der Waals surface area contributed by atoms with Crippen LogP contribution in [-0.4, -0.2) is 23.9 Å². The summed E-state index contributed by atoms with van der Waals surface area (Å²) in [6, 6.07) is 15.8. The maximum atomic E-state index is 12.4. The van der Waals surface area contributed by atoms with Gasteiger partial charge in [-0.3, -0.25) is 9.69 Å². The molecule has 3 rings (SSSR count). The predicted octanol–water partition coefficient (Wildman–Crippen LogP) is 4.14. The summed E-state index contributed by atoms with van der Waals surface area (Å²) in [5, 5.41) is 3.00. The number of amides is 1. The average Bonchev–Trinajstić information content (AvgIpc) is 3.01. The molecule has 0 spiro atoms. The van der Waals surface area contributed by atoms with Gasteiger partial charge in [0.15, 0.2) is 0 Å². The molecule has 1 N–H and O–H groups in total. The van der Waals surface area contributed by atoms with Crippen molar-refractivity contribution < 1.29 is 4.79 Å². The van der Waals surface area contributed by atoms with Crippen molar-refractivity contribution in [1.82, 2.24) is 4.90 Å². The van der Waals surface area contributed by atoms with E-state index in [9.17, 15) is 4.79 Å². The molecule has 22 heavy (non-hydrogen) atoms. The van der Waals surface area contributed by atoms with E-state index in [4.69, 9.17) is 0 Å². The number of nitrogens with zero attached hydrogens (tertiary/aromatic N) is 1. The molecule has 4 heteroatoms. The number of rotatable bonds is 4. The Morgan fingerprint density at radius 1 is 1.09 bits per heavy atom. The standard InChI is InChI=1S/C18H19IN2O/c19-17-9-2-1-8-16(17)18(22)20-15-7-5-6-14(12-15)13-21-10-3-4-11-21/h1-2,5-9,12H,3-4,10-11,13H2,(H,20,22). The highest BCUT2D eigenvalue weighted by molar-refractivity contribution is 14.1. The second kappa shape index (κ2) is 7.24.